The van der Waals surface area contributed by atoms with Crippen molar-refractivity contribution in [1.82, 2.24) is 10.2 Å². The number of amides is 2. The van der Waals surface area contributed by atoms with Gasteiger partial charge in [-0.25, -0.2) is 4.99 Å². The van der Waals surface area contributed by atoms with E-state index >= 15 is 0 Å². The van der Waals surface area contributed by atoms with Crippen molar-refractivity contribution >= 4 is 23.5 Å². The molecule has 1 aromatic carbocycles. The molecule has 2 aliphatic heterocycles. The summed E-state index contributed by atoms with van der Waals surface area (Å²) in [7, 11) is 0. The maximum Gasteiger partial charge on any atom is 0.249 e. The van der Waals surface area contributed by atoms with Crippen molar-refractivity contribution in [2.24, 2.45) is 4.99 Å². The van der Waals surface area contributed by atoms with E-state index in [0.29, 0.717) is 38.0 Å². The molecule has 3 rings (SSSR count). The fraction of sp³-hybridized carbons (Fsp3) is 0.400. The molecular formula is C15H18N4O3. The lowest BCUT2D eigenvalue weighted by molar-refractivity contribution is -0.125. The number of anilines is 1. The Morgan fingerprint density at radius 1 is 1.27 bits per heavy atom. The Bertz CT molecular complexity index is 582. The summed E-state index contributed by atoms with van der Waals surface area (Å²) < 4.78 is 5.28. The van der Waals surface area contributed by atoms with Crippen molar-refractivity contribution in [3.63, 3.8) is 0 Å². The Morgan fingerprint density at radius 3 is 2.73 bits per heavy atom. The summed E-state index contributed by atoms with van der Waals surface area (Å²) in [6.45, 7) is 2.50. The lowest BCUT2D eigenvalue weighted by atomic mass is 10.1. The molecule has 1 saturated heterocycles. The number of hydrogen-bond donors (Lipinski definition) is 2. The summed E-state index contributed by atoms with van der Waals surface area (Å²) in [4.78, 5) is 30.5. The van der Waals surface area contributed by atoms with Gasteiger partial charge in [-0.2, -0.15) is 0 Å². The molecule has 1 aromatic rings. The number of morpholine rings is 1. The molecule has 1 fully saturated rings. The molecule has 2 aliphatic rings. The first kappa shape index (κ1) is 14.5. The number of rotatable bonds is 2. The van der Waals surface area contributed by atoms with Crippen LogP contribution < -0.4 is 10.6 Å². The maximum atomic E-state index is 12.3. The predicted octanol–water partition coefficient (Wildman–Crippen LogP) is 0.202. The van der Waals surface area contributed by atoms with Crippen molar-refractivity contribution in [2.75, 3.05) is 31.6 Å². The van der Waals surface area contributed by atoms with Crippen molar-refractivity contribution < 1.29 is 14.3 Å². The molecule has 2 N–H and O–H groups in total. The van der Waals surface area contributed by atoms with Gasteiger partial charge in [0.2, 0.25) is 17.8 Å². The molecule has 2 heterocycles. The summed E-state index contributed by atoms with van der Waals surface area (Å²) >= 11 is 0. The summed E-state index contributed by atoms with van der Waals surface area (Å²) in [5.41, 5.74) is 0.696. The van der Waals surface area contributed by atoms with Gasteiger partial charge in [0, 0.05) is 18.8 Å². The van der Waals surface area contributed by atoms with Gasteiger partial charge in [0.15, 0.2) is 0 Å². The Hall–Kier alpha value is -2.41. The van der Waals surface area contributed by atoms with Crippen LogP contribution in [0.25, 0.3) is 0 Å². The fourth-order valence-corrected chi connectivity index (χ4v) is 2.41. The SMILES string of the molecule is O=C1C[C@@H](C(=O)Nc2ccccc2)N=C(N2CCOCC2)N1. The molecule has 0 aliphatic carbocycles. The van der Waals surface area contributed by atoms with Crippen LogP contribution in [-0.4, -0.2) is 55.0 Å². The van der Waals surface area contributed by atoms with E-state index in [1.54, 1.807) is 12.1 Å². The van der Waals surface area contributed by atoms with Crippen molar-refractivity contribution in [2.45, 2.75) is 12.5 Å². The first-order valence-corrected chi connectivity index (χ1v) is 7.28. The lowest BCUT2D eigenvalue weighted by Gasteiger charge is -2.32. The topological polar surface area (TPSA) is 83.0 Å². The second-order valence-corrected chi connectivity index (χ2v) is 5.18. The molecule has 7 heteroatoms. The first-order valence-electron chi connectivity index (χ1n) is 7.28. The van der Waals surface area contributed by atoms with Crippen molar-refractivity contribution in [1.29, 1.82) is 0 Å². The van der Waals surface area contributed by atoms with Gasteiger partial charge >= 0.3 is 0 Å². The second kappa shape index (κ2) is 6.57. The molecule has 0 radical (unpaired) electrons. The summed E-state index contributed by atoms with van der Waals surface area (Å²) in [6, 6.07) is 8.45. The highest BCUT2D eigenvalue weighted by Crippen LogP contribution is 2.12. The lowest BCUT2D eigenvalue weighted by Crippen LogP contribution is -2.53. The average molecular weight is 302 g/mol. The number of guanidine groups is 1. The van der Waals surface area contributed by atoms with E-state index in [1.807, 2.05) is 23.1 Å². The molecule has 1 atom stereocenters. The highest BCUT2D eigenvalue weighted by atomic mass is 16.5. The van der Waals surface area contributed by atoms with Crippen LogP contribution in [0.15, 0.2) is 35.3 Å². The highest BCUT2D eigenvalue weighted by Gasteiger charge is 2.29. The van der Waals surface area contributed by atoms with E-state index in [1.165, 1.54) is 0 Å². The largest absolute Gasteiger partial charge is 0.378 e. The highest BCUT2D eigenvalue weighted by molar-refractivity contribution is 6.05. The number of carbonyl (C=O) groups excluding carboxylic acids is 2. The first-order chi connectivity index (χ1) is 10.7. The molecule has 0 aromatic heterocycles. The van der Waals surface area contributed by atoms with Crippen LogP contribution in [0.2, 0.25) is 0 Å². The average Bonchev–Trinajstić information content (AvgIpc) is 2.56. The zero-order valence-corrected chi connectivity index (χ0v) is 12.1. The zero-order valence-electron chi connectivity index (χ0n) is 12.1. The predicted molar refractivity (Wildman–Crippen MR) is 81.4 cm³/mol. The zero-order chi connectivity index (χ0) is 15.4. The number of benzene rings is 1. The third-order valence-electron chi connectivity index (χ3n) is 3.56. The van der Waals surface area contributed by atoms with Gasteiger partial charge < -0.3 is 15.0 Å². The standard InChI is InChI=1S/C15H18N4O3/c20-13-10-12(14(21)16-11-4-2-1-3-5-11)17-15(18-13)19-6-8-22-9-7-19/h1-5,12H,6-10H2,(H,16,21)(H,17,18,20)/t12-/m0/s1. The van der Waals surface area contributed by atoms with E-state index in [0.717, 1.165) is 0 Å². The molecule has 2 amide bonds. The van der Waals surface area contributed by atoms with E-state index < -0.39 is 6.04 Å². The minimum Gasteiger partial charge on any atom is -0.378 e. The molecule has 0 bridgehead atoms. The summed E-state index contributed by atoms with van der Waals surface area (Å²) in [5.74, 6) is 0.00396. The maximum absolute atomic E-state index is 12.3. The molecule has 0 spiro atoms. The van der Waals surface area contributed by atoms with E-state index in [9.17, 15) is 9.59 Å². The van der Waals surface area contributed by atoms with Gasteiger partial charge in [0.05, 0.1) is 19.6 Å². The number of hydrogen-bond acceptors (Lipinski definition) is 5. The van der Waals surface area contributed by atoms with Crippen molar-refractivity contribution in [3.8, 4) is 0 Å². The van der Waals surface area contributed by atoms with E-state index in [2.05, 4.69) is 15.6 Å². The molecule has 0 unspecified atom stereocenters. The Balaban J connectivity index is 1.71. The van der Waals surface area contributed by atoms with Crippen LogP contribution in [0.4, 0.5) is 5.69 Å². The van der Waals surface area contributed by atoms with Crippen LogP contribution >= 0.6 is 0 Å². The fourth-order valence-electron chi connectivity index (χ4n) is 2.41. The molecule has 22 heavy (non-hydrogen) atoms. The summed E-state index contributed by atoms with van der Waals surface area (Å²) in [6.07, 6.45) is 0.0620. The quantitative estimate of drug-likeness (QED) is 0.817. The minimum absolute atomic E-state index is 0.0620. The normalized spacial score (nSPS) is 21.8. The van der Waals surface area contributed by atoms with Crippen molar-refractivity contribution in [3.05, 3.63) is 30.3 Å². The Labute approximate surface area is 128 Å². The molecular weight excluding hydrogens is 284 g/mol. The number of para-hydroxylation sites is 1. The number of nitrogens with one attached hydrogen (secondary N) is 2. The molecule has 116 valence electrons. The number of nitrogens with zero attached hydrogens (tertiary/aromatic N) is 2. The Morgan fingerprint density at radius 2 is 2.00 bits per heavy atom. The number of carbonyl (C=O) groups is 2. The van der Waals surface area contributed by atoms with E-state index in [-0.39, 0.29) is 18.2 Å². The number of aliphatic imine (C=N–C) groups is 1. The smallest absolute Gasteiger partial charge is 0.249 e. The summed E-state index contributed by atoms with van der Waals surface area (Å²) in [5, 5.41) is 5.52. The van der Waals surface area contributed by atoms with Crippen LogP contribution in [0.3, 0.4) is 0 Å². The van der Waals surface area contributed by atoms with Gasteiger partial charge in [-0.15, -0.1) is 0 Å². The number of ether oxygens (including phenoxy) is 1. The minimum atomic E-state index is -0.702. The second-order valence-electron chi connectivity index (χ2n) is 5.18. The van der Waals surface area contributed by atoms with E-state index in [4.69, 9.17) is 4.74 Å². The Kier molecular flexibility index (Phi) is 4.34. The van der Waals surface area contributed by atoms with Crippen LogP contribution in [0.1, 0.15) is 6.42 Å². The van der Waals surface area contributed by atoms with Gasteiger partial charge in [-0.3, -0.25) is 14.9 Å². The van der Waals surface area contributed by atoms with Crippen LogP contribution in [-0.2, 0) is 14.3 Å². The van der Waals surface area contributed by atoms with Crippen LogP contribution in [0.5, 0.6) is 0 Å². The van der Waals surface area contributed by atoms with Gasteiger partial charge in [-0.05, 0) is 12.1 Å². The molecule has 0 saturated carbocycles. The van der Waals surface area contributed by atoms with Crippen LogP contribution in [0, 0.1) is 0 Å². The van der Waals surface area contributed by atoms with Gasteiger partial charge in [-0.1, -0.05) is 18.2 Å². The third kappa shape index (κ3) is 3.43. The van der Waals surface area contributed by atoms with Gasteiger partial charge in [0.1, 0.15) is 6.04 Å². The van der Waals surface area contributed by atoms with Gasteiger partial charge in [0.25, 0.3) is 0 Å². The monoisotopic (exact) mass is 302 g/mol. The third-order valence-corrected chi connectivity index (χ3v) is 3.56. The molecule has 7 nitrogen and oxygen atoms in total.